The molecule has 0 amide bonds. The molecular weight excluding hydrogens is 296 g/mol. The molecule has 0 radical (unpaired) electrons. The van der Waals surface area contributed by atoms with Crippen LogP contribution in [0.15, 0.2) is 23.8 Å². The van der Waals surface area contributed by atoms with E-state index in [4.69, 9.17) is 9.47 Å². The lowest BCUT2D eigenvalue weighted by atomic mass is 10.1. The zero-order chi connectivity index (χ0) is 16.5. The van der Waals surface area contributed by atoms with Crippen molar-refractivity contribution in [3.63, 3.8) is 0 Å². The third-order valence-corrected chi connectivity index (χ3v) is 4.08. The van der Waals surface area contributed by atoms with Crippen LogP contribution in [-0.2, 0) is 23.8 Å². The van der Waals surface area contributed by atoms with Crippen molar-refractivity contribution < 1.29 is 23.8 Å². The zero-order valence-electron chi connectivity index (χ0n) is 13.8. The fraction of sp³-hybridized carbons (Fsp3) is 0.667. The molecule has 2 aliphatic rings. The van der Waals surface area contributed by atoms with E-state index in [2.05, 4.69) is 4.74 Å². The van der Waals surface area contributed by atoms with Gasteiger partial charge >= 0.3 is 5.97 Å². The molecule has 128 valence electrons. The largest absolute Gasteiger partial charge is 0.469 e. The average Bonchev–Trinajstić information content (AvgIpc) is 2.91. The SMILES string of the molecule is COC(=O)CCC/C=C/CC1=C[C@H](O[C@H]2CCCCO2)CC1=O. The van der Waals surface area contributed by atoms with Gasteiger partial charge in [-0.1, -0.05) is 12.2 Å². The molecule has 0 spiro atoms. The van der Waals surface area contributed by atoms with Gasteiger partial charge in [-0.3, -0.25) is 9.59 Å². The summed E-state index contributed by atoms with van der Waals surface area (Å²) < 4.78 is 16.0. The molecule has 5 nitrogen and oxygen atoms in total. The number of carbonyl (C=O) groups is 2. The Morgan fingerprint density at radius 3 is 3.00 bits per heavy atom. The molecule has 1 saturated heterocycles. The molecule has 5 heteroatoms. The summed E-state index contributed by atoms with van der Waals surface area (Å²) in [6.07, 6.45) is 11.8. The summed E-state index contributed by atoms with van der Waals surface area (Å²) in [7, 11) is 1.40. The molecule has 23 heavy (non-hydrogen) atoms. The summed E-state index contributed by atoms with van der Waals surface area (Å²) in [6.45, 7) is 0.746. The van der Waals surface area contributed by atoms with Gasteiger partial charge in [0.1, 0.15) is 0 Å². The number of ketones is 1. The topological polar surface area (TPSA) is 61.8 Å². The number of allylic oxidation sites excluding steroid dienone is 3. The maximum absolute atomic E-state index is 12.0. The van der Waals surface area contributed by atoms with Crippen LogP contribution in [0.2, 0.25) is 0 Å². The van der Waals surface area contributed by atoms with E-state index in [0.717, 1.165) is 44.3 Å². The molecule has 0 bridgehead atoms. The van der Waals surface area contributed by atoms with Crippen molar-refractivity contribution in [2.75, 3.05) is 13.7 Å². The molecule has 0 aromatic rings. The molecule has 0 aromatic heterocycles. The van der Waals surface area contributed by atoms with Gasteiger partial charge < -0.3 is 14.2 Å². The average molecular weight is 322 g/mol. The van der Waals surface area contributed by atoms with Crippen molar-refractivity contribution in [1.82, 2.24) is 0 Å². The van der Waals surface area contributed by atoms with E-state index >= 15 is 0 Å². The number of ether oxygens (including phenoxy) is 3. The van der Waals surface area contributed by atoms with Crippen LogP contribution in [0.5, 0.6) is 0 Å². The molecule has 1 aliphatic heterocycles. The Morgan fingerprint density at radius 1 is 1.39 bits per heavy atom. The quantitative estimate of drug-likeness (QED) is 0.390. The van der Waals surface area contributed by atoms with Crippen LogP contribution < -0.4 is 0 Å². The standard InChI is InChI=1S/C18H26O5/c1-21-17(20)9-5-3-2-4-8-14-12-15(13-16(14)19)23-18-10-6-7-11-22-18/h2,4,12,15,18H,3,5-11,13H2,1H3/b4-2+/t15-,18-/m0/s1. The van der Waals surface area contributed by atoms with E-state index in [9.17, 15) is 9.59 Å². The van der Waals surface area contributed by atoms with E-state index in [-0.39, 0.29) is 24.1 Å². The lowest BCUT2D eigenvalue weighted by molar-refractivity contribution is -0.178. The maximum atomic E-state index is 12.0. The third-order valence-electron chi connectivity index (χ3n) is 4.08. The van der Waals surface area contributed by atoms with Gasteiger partial charge in [-0.15, -0.1) is 0 Å². The van der Waals surface area contributed by atoms with Crippen LogP contribution in [0.25, 0.3) is 0 Å². The highest BCUT2D eigenvalue weighted by Crippen LogP contribution is 2.24. The summed E-state index contributed by atoms with van der Waals surface area (Å²) in [5.74, 6) is -0.0259. The van der Waals surface area contributed by atoms with Gasteiger partial charge in [0.05, 0.1) is 13.2 Å². The second-order valence-corrected chi connectivity index (χ2v) is 5.93. The molecule has 1 heterocycles. The summed E-state index contributed by atoms with van der Waals surface area (Å²) in [5, 5.41) is 0. The minimum absolute atomic E-state index is 0.145. The number of methoxy groups -OCH3 is 1. The Hall–Kier alpha value is -1.46. The summed E-state index contributed by atoms with van der Waals surface area (Å²) in [4.78, 5) is 23.0. The number of rotatable bonds is 8. The van der Waals surface area contributed by atoms with Gasteiger partial charge in [-0.05, 0) is 50.2 Å². The van der Waals surface area contributed by atoms with Crippen molar-refractivity contribution >= 4 is 11.8 Å². The fourth-order valence-corrected chi connectivity index (χ4v) is 2.77. The molecule has 0 N–H and O–H groups in total. The smallest absolute Gasteiger partial charge is 0.305 e. The third kappa shape index (κ3) is 6.28. The van der Waals surface area contributed by atoms with Crippen LogP contribution in [0, 0.1) is 0 Å². The molecule has 0 unspecified atom stereocenters. The minimum atomic E-state index is -0.183. The van der Waals surface area contributed by atoms with Crippen LogP contribution >= 0.6 is 0 Å². The molecular formula is C18H26O5. The first-order valence-corrected chi connectivity index (χ1v) is 8.42. The van der Waals surface area contributed by atoms with E-state index in [1.54, 1.807) is 0 Å². The van der Waals surface area contributed by atoms with E-state index < -0.39 is 0 Å². The minimum Gasteiger partial charge on any atom is -0.469 e. The maximum Gasteiger partial charge on any atom is 0.305 e. The van der Waals surface area contributed by atoms with Gasteiger partial charge in [0.25, 0.3) is 0 Å². The second kappa shape index (κ2) is 9.63. The first-order chi connectivity index (χ1) is 11.2. The van der Waals surface area contributed by atoms with E-state index in [1.165, 1.54) is 7.11 Å². The molecule has 0 saturated carbocycles. The highest BCUT2D eigenvalue weighted by atomic mass is 16.7. The Labute approximate surface area is 137 Å². The molecule has 2 atom stereocenters. The van der Waals surface area contributed by atoms with Crippen molar-refractivity contribution in [3.8, 4) is 0 Å². The number of unbranched alkanes of at least 4 members (excludes halogenated alkanes) is 1. The molecule has 1 aliphatic carbocycles. The second-order valence-electron chi connectivity index (χ2n) is 5.93. The van der Waals surface area contributed by atoms with E-state index in [0.29, 0.717) is 19.3 Å². The first-order valence-electron chi connectivity index (χ1n) is 8.42. The number of carbonyl (C=O) groups excluding carboxylic acids is 2. The predicted molar refractivity (Wildman–Crippen MR) is 85.8 cm³/mol. The predicted octanol–water partition coefficient (Wildman–Crippen LogP) is 3.09. The van der Waals surface area contributed by atoms with Gasteiger partial charge in [0, 0.05) is 19.4 Å². The lowest BCUT2D eigenvalue weighted by Gasteiger charge is -2.24. The van der Waals surface area contributed by atoms with Crippen molar-refractivity contribution in [2.24, 2.45) is 0 Å². The van der Waals surface area contributed by atoms with Crippen molar-refractivity contribution in [1.29, 1.82) is 0 Å². The van der Waals surface area contributed by atoms with Crippen molar-refractivity contribution in [3.05, 3.63) is 23.8 Å². The van der Waals surface area contributed by atoms with Crippen LogP contribution in [0.1, 0.15) is 51.4 Å². The first kappa shape index (κ1) is 17.9. The van der Waals surface area contributed by atoms with Crippen LogP contribution in [0.3, 0.4) is 0 Å². The number of hydrogen-bond acceptors (Lipinski definition) is 5. The highest BCUT2D eigenvalue weighted by molar-refractivity contribution is 5.98. The van der Waals surface area contributed by atoms with Gasteiger partial charge in [-0.2, -0.15) is 0 Å². The van der Waals surface area contributed by atoms with Crippen molar-refractivity contribution in [2.45, 2.75) is 63.8 Å². The molecule has 1 fully saturated rings. The summed E-state index contributed by atoms with van der Waals surface area (Å²) in [6, 6.07) is 0. The fourth-order valence-electron chi connectivity index (χ4n) is 2.77. The lowest BCUT2D eigenvalue weighted by Crippen LogP contribution is -2.26. The van der Waals surface area contributed by atoms with Gasteiger partial charge in [0.15, 0.2) is 12.1 Å². The Balaban J connectivity index is 1.68. The number of Topliss-reactive ketones (excluding diaryl/α,β-unsaturated/α-hetero) is 1. The van der Waals surface area contributed by atoms with Gasteiger partial charge in [-0.25, -0.2) is 0 Å². The highest BCUT2D eigenvalue weighted by Gasteiger charge is 2.27. The Morgan fingerprint density at radius 2 is 2.26 bits per heavy atom. The normalized spacial score (nSPS) is 24.9. The van der Waals surface area contributed by atoms with E-state index in [1.807, 2.05) is 18.2 Å². The molecule has 0 aromatic carbocycles. The Kier molecular flexibility index (Phi) is 7.49. The van der Waals surface area contributed by atoms with Gasteiger partial charge in [0.2, 0.25) is 0 Å². The summed E-state index contributed by atoms with van der Waals surface area (Å²) in [5.41, 5.74) is 0.815. The number of hydrogen-bond donors (Lipinski definition) is 0. The zero-order valence-corrected chi connectivity index (χ0v) is 13.8. The molecule has 2 rings (SSSR count). The van der Waals surface area contributed by atoms with Crippen LogP contribution in [0.4, 0.5) is 0 Å². The number of esters is 1. The monoisotopic (exact) mass is 322 g/mol. The summed E-state index contributed by atoms with van der Waals surface area (Å²) >= 11 is 0. The van der Waals surface area contributed by atoms with Crippen LogP contribution in [-0.4, -0.2) is 37.9 Å². The Bertz CT molecular complexity index is 460.